The molecule has 5 heteroatoms. The third kappa shape index (κ3) is 3.12. The van der Waals surface area contributed by atoms with Crippen LogP contribution in [-0.2, 0) is 20.1 Å². The minimum atomic E-state index is 0.784. The van der Waals surface area contributed by atoms with Gasteiger partial charge in [-0.2, -0.15) is 5.10 Å². The molecule has 0 bridgehead atoms. The summed E-state index contributed by atoms with van der Waals surface area (Å²) in [7, 11) is 1.93. The van der Waals surface area contributed by atoms with Gasteiger partial charge in [-0.05, 0) is 0 Å². The molecule has 0 saturated heterocycles. The van der Waals surface area contributed by atoms with Crippen molar-refractivity contribution in [3.05, 3.63) is 58.7 Å². The second kappa shape index (κ2) is 5.98. The predicted octanol–water partition coefficient (Wildman–Crippen LogP) is 2.83. The van der Waals surface area contributed by atoms with Crippen LogP contribution in [-0.4, -0.2) is 14.8 Å². The van der Waals surface area contributed by atoms with Crippen molar-refractivity contribution in [2.24, 2.45) is 7.05 Å². The number of rotatable bonds is 5. The van der Waals surface area contributed by atoms with Crippen LogP contribution in [0.25, 0.3) is 11.3 Å². The molecule has 0 unspecified atom stereocenters. The molecule has 0 radical (unpaired) electrons. The van der Waals surface area contributed by atoms with Crippen molar-refractivity contribution < 1.29 is 0 Å². The van der Waals surface area contributed by atoms with Crippen molar-refractivity contribution in [2.75, 3.05) is 0 Å². The van der Waals surface area contributed by atoms with E-state index in [0.717, 1.165) is 23.8 Å². The van der Waals surface area contributed by atoms with Crippen molar-refractivity contribution in [1.29, 1.82) is 0 Å². The summed E-state index contributed by atoms with van der Waals surface area (Å²) >= 11 is 1.69. The lowest BCUT2D eigenvalue weighted by Crippen LogP contribution is -2.12. The maximum Gasteiger partial charge on any atom is 0.107 e. The summed E-state index contributed by atoms with van der Waals surface area (Å²) in [6.07, 6.45) is 3.90. The van der Waals surface area contributed by atoms with E-state index < -0.39 is 0 Å². The zero-order chi connectivity index (χ0) is 13.8. The molecule has 0 saturated carbocycles. The molecule has 0 aliphatic rings. The summed E-state index contributed by atoms with van der Waals surface area (Å²) in [5.41, 5.74) is 3.41. The Bertz CT molecular complexity index is 672. The average molecular weight is 284 g/mol. The van der Waals surface area contributed by atoms with Gasteiger partial charge in [0.1, 0.15) is 5.01 Å². The van der Waals surface area contributed by atoms with Crippen LogP contribution in [0.2, 0.25) is 0 Å². The first-order valence-electron chi connectivity index (χ1n) is 6.49. The second-order valence-electron chi connectivity index (χ2n) is 4.62. The lowest BCUT2D eigenvalue weighted by Gasteiger charge is -1.99. The molecule has 102 valence electrons. The Kier molecular flexibility index (Phi) is 3.90. The number of hydrogen-bond donors (Lipinski definition) is 1. The first-order chi connectivity index (χ1) is 9.81. The van der Waals surface area contributed by atoms with E-state index in [2.05, 4.69) is 32.9 Å². The van der Waals surface area contributed by atoms with Gasteiger partial charge in [0.05, 0.1) is 11.9 Å². The van der Waals surface area contributed by atoms with Crippen molar-refractivity contribution in [3.8, 4) is 11.3 Å². The smallest absolute Gasteiger partial charge is 0.107 e. The van der Waals surface area contributed by atoms with E-state index in [1.165, 1.54) is 11.1 Å². The van der Waals surface area contributed by atoms with E-state index in [-0.39, 0.29) is 0 Å². The van der Waals surface area contributed by atoms with Crippen molar-refractivity contribution in [1.82, 2.24) is 20.1 Å². The largest absolute Gasteiger partial charge is 0.306 e. The van der Waals surface area contributed by atoms with Crippen LogP contribution in [0.3, 0.4) is 0 Å². The summed E-state index contributed by atoms with van der Waals surface area (Å²) in [6.45, 7) is 1.60. The molecule has 20 heavy (non-hydrogen) atoms. The number of benzene rings is 1. The third-order valence-electron chi connectivity index (χ3n) is 2.99. The molecule has 0 amide bonds. The number of hydrogen-bond acceptors (Lipinski definition) is 4. The molecule has 2 aromatic heterocycles. The topological polar surface area (TPSA) is 42.7 Å². The van der Waals surface area contributed by atoms with E-state index in [1.54, 1.807) is 11.3 Å². The van der Waals surface area contributed by atoms with Gasteiger partial charge in [0, 0.05) is 42.8 Å². The molecule has 4 nitrogen and oxygen atoms in total. The normalized spacial score (nSPS) is 10.8. The van der Waals surface area contributed by atoms with Gasteiger partial charge in [-0.15, -0.1) is 11.3 Å². The van der Waals surface area contributed by atoms with E-state index in [1.807, 2.05) is 42.3 Å². The number of nitrogens with one attached hydrogen (secondary N) is 1. The number of nitrogens with zero attached hydrogens (tertiary/aromatic N) is 3. The van der Waals surface area contributed by atoms with Gasteiger partial charge in [0.15, 0.2) is 0 Å². The highest BCUT2D eigenvalue weighted by atomic mass is 32.1. The van der Waals surface area contributed by atoms with Gasteiger partial charge in [-0.25, -0.2) is 4.98 Å². The van der Waals surface area contributed by atoms with Gasteiger partial charge >= 0.3 is 0 Å². The molecule has 2 heterocycles. The molecular formula is C15H16N4S. The molecule has 0 atom stereocenters. The lowest BCUT2D eigenvalue weighted by molar-refractivity contribution is 0.689. The molecule has 0 aliphatic heterocycles. The van der Waals surface area contributed by atoms with E-state index in [9.17, 15) is 0 Å². The van der Waals surface area contributed by atoms with Gasteiger partial charge < -0.3 is 5.32 Å². The molecule has 0 aliphatic carbocycles. The summed E-state index contributed by atoms with van der Waals surface area (Å²) in [4.78, 5) is 4.65. The molecular weight excluding hydrogens is 268 g/mol. The summed E-state index contributed by atoms with van der Waals surface area (Å²) in [5.74, 6) is 0. The maximum absolute atomic E-state index is 4.65. The van der Waals surface area contributed by atoms with Gasteiger partial charge in [0.25, 0.3) is 0 Å². The molecule has 3 aromatic rings. The Morgan fingerprint density at radius 2 is 2.05 bits per heavy atom. The van der Waals surface area contributed by atoms with Crippen molar-refractivity contribution in [3.63, 3.8) is 0 Å². The van der Waals surface area contributed by atoms with E-state index in [0.29, 0.717) is 0 Å². The zero-order valence-corrected chi connectivity index (χ0v) is 12.1. The Morgan fingerprint density at radius 3 is 2.80 bits per heavy atom. The average Bonchev–Trinajstić information content (AvgIpc) is 3.09. The number of aromatic nitrogens is 3. The minimum absolute atomic E-state index is 0.784. The molecule has 0 spiro atoms. The van der Waals surface area contributed by atoms with Crippen molar-refractivity contribution in [2.45, 2.75) is 13.1 Å². The standard InChI is InChI=1S/C15H16N4S/c1-19-10-12(8-17-19)7-16-9-15-18-14(11-20-15)13-5-3-2-4-6-13/h2-6,8,10-11,16H,7,9H2,1H3. The second-order valence-corrected chi connectivity index (χ2v) is 5.56. The fourth-order valence-electron chi connectivity index (χ4n) is 2.01. The van der Waals surface area contributed by atoms with Gasteiger partial charge in [-0.3, -0.25) is 4.68 Å². The lowest BCUT2D eigenvalue weighted by atomic mass is 10.2. The molecule has 1 N–H and O–H groups in total. The van der Waals surface area contributed by atoms with E-state index in [4.69, 9.17) is 0 Å². The molecule has 0 fully saturated rings. The Balaban J connectivity index is 1.58. The monoisotopic (exact) mass is 284 g/mol. The van der Waals surface area contributed by atoms with Crippen LogP contribution in [0, 0.1) is 0 Å². The third-order valence-corrected chi connectivity index (χ3v) is 3.83. The summed E-state index contributed by atoms with van der Waals surface area (Å²) in [5, 5.41) is 10.8. The van der Waals surface area contributed by atoms with Crippen LogP contribution in [0.1, 0.15) is 10.6 Å². The van der Waals surface area contributed by atoms with Gasteiger partial charge in [0.2, 0.25) is 0 Å². The first-order valence-corrected chi connectivity index (χ1v) is 7.37. The highest BCUT2D eigenvalue weighted by molar-refractivity contribution is 7.09. The van der Waals surface area contributed by atoms with E-state index >= 15 is 0 Å². The Labute approximate surface area is 122 Å². The Morgan fingerprint density at radius 1 is 1.20 bits per heavy atom. The van der Waals surface area contributed by atoms with Gasteiger partial charge in [-0.1, -0.05) is 30.3 Å². The van der Waals surface area contributed by atoms with Crippen LogP contribution < -0.4 is 5.32 Å². The zero-order valence-electron chi connectivity index (χ0n) is 11.3. The number of aryl methyl sites for hydroxylation is 1. The quantitative estimate of drug-likeness (QED) is 0.783. The summed E-state index contributed by atoms with van der Waals surface area (Å²) < 4.78 is 1.81. The molecule has 3 rings (SSSR count). The van der Waals surface area contributed by atoms with Crippen LogP contribution >= 0.6 is 11.3 Å². The SMILES string of the molecule is Cn1cc(CNCc2nc(-c3ccccc3)cs2)cn1. The van der Waals surface area contributed by atoms with Crippen LogP contribution in [0.15, 0.2) is 48.1 Å². The van der Waals surface area contributed by atoms with Crippen molar-refractivity contribution >= 4 is 11.3 Å². The van der Waals surface area contributed by atoms with Crippen LogP contribution in [0.4, 0.5) is 0 Å². The highest BCUT2D eigenvalue weighted by Gasteiger charge is 2.04. The molecule has 1 aromatic carbocycles. The summed E-state index contributed by atoms with van der Waals surface area (Å²) in [6, 6.07) is 10.3. The predicted molar refractivity (Wildman–Crippen MR) is 81.3 cm³/mol. The highest BCUT2D eigenvalue weighted by Crippen LogP contribution is 2.21. The fraction of sp³-hybridized carbons (Fsp3) is 0.200. The number of thiazole rings is 1. The fourth-order valence-corrected chi connectivity index (χ4v) is 2.78. The maximum atomic E-state index is 4.65. The van der Waals surface area contributed by atoms with Crippen LogP contribution in [0.5, 0.6) is 0 Å². The minimum Gasteiger partial charge on any atom is -0.306 e. The first kappa shape index (κ1) is 13.0. The Hall–Kier alpha value is -1.98.